The van der Waals surface area contributed by atoms with Gasteiger partial charge in [0.05, 0.1) is 19.9 Å². The summed E-state index contributed by atoms with van der Waals surface area (Å²) in [6.45, 7) is 6.83. The Morgan fingerprint density at radius 1 is 1.26 bits per heavy atom. The van der Waals surface area contributed by atoms with Crippen molar-refractivity contribution in [1.82, 2.24) is 10.2 Å². The minimum Gasteiger partial charge on any atom is -0.493 e. The first-order chi connectivity index (χ1) is 13.1. The Morgan fingerprint density at radius 2 is 2.04 bits per heavy atom. The molecule has 0 aliphatic carbocycles. The molecule has 1 amide bonds. The van der Waals surface area contributed by atoms with Crippen LogP contribution in [0.15, 0.2) is 41.0 Å². The number of piperidine rings is 1. The maximum atomic E-state index is 12.4. The molecule has 6 heteroatoms. The predicted molar refractivity (Wildman–Crippen MR) is 103 cm³/mol. The number of nitrogens with zero attached hydrogens (tertiary/aromatic N) is 1. The third kappa shape index (κ3) is 5.04. The molecule has 6 nitrogen and oxygen atoms in total. The number of amides is 1. The lowest BCUT2D eigenvalue weighted by Gasteiger charge is -2.34. The van der Waals surface area contributed by atoms with Crippen molar-refractivity contribution in [3.05, 3.63) is 47.9 Å². The van der Waals surface area contributed by atoms with E-state index >= 15 is 0 Å². The van der Waals surface area contributed by atoms with Crippen molar-refractivity contribution >= 4 is 5.91 Å². The highest BCUT2D eigenvalue weighted by Gasteiger charge is 2.23. The molecule has 0 radical (unpaired) electrons. The van der Waals surface area contributed by atoms with Crippen LogP contribution in [0.4, 0.5) is 0 Å². The molecular formula is C21H28N2O4. The zero-order valence-electron chi connectivity index (χ0n) is 16.2. The maximum absolute atomic E-state index is 12.4. The quantitative estimate of drug-likeness (QED) is 0.806. The number of carbonyl (C=O) groups excluding carboxylic acids is 1. The molecule has 1 aliphatic heterocycles. The summed E-state index contributed by atoms with van der Waals surface area (Å²) in [6.07, 6.45) is 3.66. The molecule has 0 spiro atoms. The highest BCUT2D eigenvalue weighted by atomic mass is 16.5. The average molecular weight is 372 g/mol. The summed E-state index contributed by atoms with van der Waals surface area (Å²) >= 11 is 0. The average Bonchev–Trinajstić information content (AvgIpc) is 3.20. The van der Waals surface area contributed by atoms with Crippen LogP contribution < -0.4 is 14.8 Å². The van der Waals surface area contributed by atoms with Crippen LogP contribution in [0, 0.1) is 0 Å². The van der Waals surface area contributed by atoms with E-state index in [0.29, 0.717) is 35.4 Å². The first kappa shape index (κ1) is 19.3. The molecule has 0 bridgehead atoms. The number of furan rings is 1. The van der Waals surface area contributed by atoms with Gasteiger partial charge in [0.1, 0.15) is 11.9 Å². The second-order valence-electron chi connectivity index (χ2n) is 7.07. The number of nitrogens with one attached hydrogen (secondary N) is 1. The summed E-state index contributed by atoms with van der Waals surface area (Å²) in [6, 6.07) is 9.45. The van der Waals surface area contributed by atoms with Crippen molar-refractivity contribution in [1.29, 1.82) is 0 Å². The predicted octanol–water partition coefficient (Wildman–Crippen LogP) is 3.47. The number of hydrogen-bond acceptors (Lipinski definition) is 5. The molecule has 2 aromatic rings. The maximum Gasteiger partial charge on any atom is 0.251 e. The molecule has 1 aromatic carbocycles. The number of methoxy groups -OCH3 is 1. The van der Waals surface area contributed by atoms with E-state index in [1.54, 1.807) is 37.6 Å². The van der Waals surface area contributed by atoms with Gasteiger partial charge in [0.25, 0.3) is 5.91 Å². The molecule has 1 fully saturated rings. The molecule has 2 heterocycles. The lowest BCUT2D eigenvalue weighted by atomic mass is 10.1. The van der Waals surface area contributed by atoms with Gasteiger partial charge in [0, 0.05) is 24.7 Å². The van der Waals surface area contributed by atoms with Gasteiger partial charge in [0.2, 0.25) is 0 Å². The van der Waals surface area contributed by atoms with Gasteiger partial charge < -0.3 is 24.1 Å². The number of benzene rings is 1. The number of likely N-dealkylation sites (tertiary alicyclic amines) is 1. The van der Waals surface area contributed by atoms with Crippen LogP contribution in [0.25, 0.3) is 0 Å². The molecule has 0 atom stereocenters. The Balaban J connectivity index is 1.64. The van der Waals surface area contributed by atoms with Gasteiger partial charge >= 0.3 is 0 Å². The lowest BCUT2D eigenvalue weighted by molar-refractivity contribution is 0.0818. The standard InChI is InChI=1S/C21H28N2O4/c1-15(2)23-10-8-17(9-11-23)27-20-13-16(6-7-19(20)25-3)21(24)22-14-18-5-4-12-26-18/h4-7,12-13,15,17H,8-11,14H2,1-3H3,(H,22,24). The number of carbonyl (C=O) groups is 1. The van der Waals surface area contributed by atoms with E-state index in [1.165, 1.54) is 0 Å². The van der Waals surface area contributed by atoms with E-state index in [-0.39, 0.29) is 12.0 Å². The van der Waals surface area contributed by atoms with Crippen LogP contribution in [0.1, 0.15) is 42.8 Å². The van der Waals surface area contributed by atoms with E-state index in [9.17, 15) is 4.79 Å². The van der Waals surface area contributed by atoms with E-state index < -0.39 is 0 Å². The molecule has 146 valence electrons. The minimum atomic E-state index is -0.173. The van der Waals surface area contributed by atoms with Gasteiger partial charge in [-0.3, -0.25) is 4.79 Å². The summed E-state index contributed by atoms with van der Waals surface area (Å²) in [5.74, 6) is 1.80. The second kappa shape index (κ2) is 8.95. The Morgan fingerprint density at radius 3 is 2.67 bits per heavy atom. The molecule has 1 saturated heterocycles. The van der Waals surface area contributed by atoms with Crippen molar-refractivity contribution in [2.75, 3.05) is 20.2 Å². The molecular weight excluding hydrogens is 344 g/mol. The Hall–Kier alpha value is -2.47. The SMILES string of the molecule is COc1ccc(C(=O)NCc2ccco2)cc1OC1CCN(C(C)C)CC1. The van der Waals surface area contributed by atoms with Gasteiger partial charge in [-0.05, 0) is 57.0 Å². The van der Waals surface area contributed by atoms with E-state index in [0.717, 1.165) is 25.9 Å². The summed E-state index contributed by atoms with van der Waals surface area (Å²) < 4.78 is 16.9. The first-order valence-electron chi connectivity index (χ1n) is 9.46. The van der Waals surface area contributed by atoms with Gasteiger partial charge in [-0.15, -0.1) is 0 Å². The zero-order chi connectivity index (χ0) is 19.2. The third-order valence-electron chi connectivity index (χ3n) is 4.93. The Kier molecular flexibility index (Phi) is 6.40. The highest BCUT2D eigenvalue weighted by molar-refractivity contribution is 5.94. The summed E-state index contributed by atoms with van der Waals surface area (Å²) in [4.78, 5) is 14.9. The van der Waals surface area contributed by atoms with E-state index in [2.05, 4.69) is 24.1 Å². The van der Waals surface area contributed by atoms with Gasteiger partial charge in [-0.2, -0.15) is 0 Å². The van der Waals surface area contributed by atoms with Crippen molar-refractivity contribution in [2.24, 2.45) is 0 Å². The number of hydrogen-bond donors (Lipinski definition) is 1. The van der Waals surface area contributed by atoms with Crippen LogP contribution in [0.3, 0.4) is 0 Å². The molecule has 0 unspecified atom stereocenters. The van der Waals surface area contributed by atoms with Crippen LogP contribution in [0.2, 0.25) is 0 Å². The highest BCUT2D eigenvalue weighted by Crippen LogP contribution is 2.31. The van der Waals surface area contributed by atoms with E-state index in [4.69, 9.17) is 13.9 Å². The second-order valence-corrected chi connectivity index (χ2v) is 7.07. The smallest absolute Gasteiger partial charge is 0.251 e. The zero-order valence-corrected chi connectivity index (χ0v) is 16.2. The monoisotopic (exact) mass is 372 g/mol. The molecule has 3 rings (SSSR count). The van der Waals surface area contributed by atoms with Crippen LogP contribution >= 0.6 is 0 Å². The van der Waals surface area contributed by atoms with E-state index in [1.807, 2.05) is 6.07 Å². The van der Waals surface area contributed by atoms with Gasteiger partial charge in [-0.25, -0.2) is 0 Å². The van der Waals surface area contributed by atoms with Crippen LogP contribution in [0.5, 0.6) is 11.5 Å². The summed E-state index contributed by atoms with van der Waals surface area (Å²) in [5.41, 5.74) is 0.539. The molecule has 1 N–H and O–H groups in total. The fourth-order valence-electron chi connectivity index (χ4n) is 3.28. The Bertz CT molecular complexity index is 735. The largest absolute Gasteiger partial charge is 0.493 e. The van der Waals surface area contributed by atoms with Crippen molar-refractivity contribution in [3.8, 4) is 11.5 Å². The minimum absolute atomic E-state index is 0.135. The first-order valence-corrected chi connectivity index (χ1v) is 9.46. The number of ether oxygens (including phenoxy) is 2. The summed E-state index contributed by atoms with van der Waals surface area (Å²) in [5, 5.41) is 2.85. The normalized spacial score (nSPS) is 15.7. The van der Waals surface area contributed by atoms with Crippen LogP contribution in [-0.2, 0) is 6.54 Å². The van der Waals surface area contributed by atoms with Crippen molar-refractivity contribution in [3.63, 3.8) is 0 Å². The van der Waals surface area contributed by atoms with Gasteiger partial charge in [0.15, 0.2) is 11.5 Å². The van der Waals surface area contributed by atoms with Crippen molar-refractivity contribution in [2.45, 2.75) is 45.4 Å². The summed E-state index contributed by atoms with van der Waals surface area (Å²) in [7, 11) is 1.61. The molecule has 27 heavy (non-hydrogen) atoms. The fourth-order valence-corrected chi connectivity index (χ4v) is 3.28. The fraction of sp³-hybridized carbons (Fsp3) is 0.476. The number of rotatable bonds is 7. The van der Waals surface area contributed by atoms with Gasteiger partial charge in [-0.1, -0.05) is 0 Å². The molecule has 0 saturated carbocycles. The topological polar surface area (TPSA) is 63.9 Å². The lowest BCUT2D eigenvalue weighted by Crippen LogP contribution is -2.41. The molecule has 1 aliphatic rings. The third-order valence-corrected chi connectivity index (χ3v) is 4.93. The molecule has 1 aromatic heterocycles. The van der Waals surface area contributed by atoms with Crippen molar-refractivity contribution < 1.29 is 18.7 Å². The Labute approximate surface area is 160 Å². The van der Waals surface area contributed by atoms with Crippen LogP contribution in [-0.4, -0.2) is 43.2 Å².